The Bertz CT molecular complexity index is 753. The maximum absolute atomic E-state index is 12.5. The molecule has 1 aliphatic heterocycles. The minimum atomic E-state index is 0.120. The van der Waals surface area contributed by atoms with E-state index < -0.39 is 0 Å². The van der Waals surface area contributed by atoms with Crippen molar-refractivity contribution in [3.63, 3.8) is 0 Å². The fourth-order valence-corrected chi connectivity index (χ4v) is 3.63. The highest BCUT2D eigenvalue weighted by atomic mass is 16.5. The van der Waals surface area contributed by atoms with Crippen molar-refractivity contribution in [2.45, 2.75) is 39.7 Å². The van der Waals surface area contributed by atoms with E-state index in [0.29, 0.717) is 13.2 Å². The first kappa shape index (κ1) is 20.3. The van der Waals surface area contributed by atoms with Crippen LogP contribution >= 0.6 is 0 Å². The van der Waals surface area contributed by atoms with Gasteiger partial charge in [0.1, 0.15) is 0 Å². The SMILES string of the molecule is CCOc1ncccc1CN1CCC(C(=O)NCCc2ccc(C)cc2)CC1. The summed E-state index contributed by atoms with van der Waals surface area (Å²) in [6.07, 6.45) is 4.45. The summed E-state index contributed by atoms with van der Waals surface area (Å²) in [4.78, 5) is 19.2. The van der Waals surface area contributed by atoms with Gasteiger partial charge in [-0.25, -0.2) is 4.98 Å². The molecule has 1 fully saturated rings. The zero-order valence-corrected chi connectivity index (χ0v) is 17.0. The summed E-state index contributed by atoms with van der Waals surface area (Å²) < 4.78 is 5.62. The number of rotatable bonds is 8. The van der Waals surface area contributed by atoms with Crippen LogP contribution in [0, 0.1) is 12.8 Å². The Hall–Kier alpha value is -2.40. The number of likely N-dealkylation sites (tertiary alicyclic amines) is 1. The number of hydrogen-bond acceptors (Lipinski definition) is 4. The Morgan fingerprint density at radius 3 is 2.68 bits per heavy atom. The second-order valence-electron chi connectivity index (χ2n) is 7.48. The lowest BCUT2D eigenvalue weighted by Gasteiger charge is -2.31. The minimum Gasteiger partial charge on any atom is -0.478 e. The van der Waals surface area contributed by atoms with Crippen LogP contribution in [-0.2, 0) is 17.8 Å². The molecule has 150 valence electrons. The molecule has 1 aromatic heterocycles. The third kappa shape index (κ3) is 5.80. The highest BCUT2D eigenvalue weighted by Gasteiger charge is 2.25. The average Bonchev–Trinajstić information content (AvgIpc) is 2.71. The van der Waals surface area contributed by atoms with Crippen LogP contribution in [0.4, 0.5) is 0 Å². The maximum atomic E-state index is 12.5. The second kappa shape index (κ2) is 10.2. The lowest BCUT2D eigenvalue weighted by molar-refractivity contribution is -0.126. The van der Waals surface area contributed by atoms with E-state index in [4.69, 9.17) is 4.74 Å². The van der Waals surface area contributed by atoms with Crippen molar-refractivity contribution in [2.75, 3.05) is 26.2 Å². The maximum Gasteiger partial charge on any atom is 0.223 e. The van der Waals surface area contributed by atoms with E-state index in [9.17, 15) is 4.79 Å². The standard InChI is InChI=1S/C23H31N3O2/c1-3-28-23-21(5-4-13-25-23)17-26-15-11-20(12-16-26)22(27)24-14-10-19-8-6-18(2)7-9-19/h4-9,13,20H,3,10-12,14-17H2,1-2H3,(H,24,27). The molecule has 0 saturated carbocycles. The van der Waals surface area contributed by atoms with Crippen molar-refractivity contribution >= 4 is 5.91 Å². The molecular weight excluding hydrogens is 350 g/mol. The number of pyridine rings is 1. The van der Waals surface area contributed by atoms with E-state index in [1.807, 2.05) is 13.0 Å². The highest BCUT2D eigenvalue weighted by molar-refractivity contribution is 5.78. The first-order valence-electron chi connectivity index (χ1n) is 10.3. The largest absolute Gasteiger partial charge is 0.478 e. The highest BCUT2D eigenvalue weighted by Crippen LogP contribution is 2.22. The van der Waals surface area contributed by atoms with Gasteiger partial charge in [-0.15, -0.1) is 0 Å². The molecule has 5 nitrogen and oxygen atoms in total. The molecule has 1 amide bonds. The van der Waals surface area contributed by atoms with Gasteiger partial charge in [-0.05, 0) is 57.8 Å². The number of nitrogens with zero attached hydrogens (tertiary/aromatic N) is 2. The van der Waals surface area contributed by atoms with Gasteiger partial charge in [-0.3, -0.25) is 9.69 Å². The molecule has 1 aliphatic rings. The van der Waals surface area contributed by atoms with Crippen LogP contribution in [0.2, 0.25) is 0 Å². The average molecular weight is 382 g/mol. The van der Waals surface area contributed by atoms with E-state index in [2.05, 4.69) is 52.5 Å². The third-order valence-electron chi connectivity index (χ3n) is 5.32. The predicted octanol–water partition coefficient (Wildman–Crippen LogP) is 3.36. The molecule has 0 atom stereocenters. The molecule has 0 unspecified atom stereocenters. The van der Waals surface area contributed by atoms with Crippen LogP contribution in [-0.4, -0.2) is 42.0 Å². The molecule has 2 aromatic rings. The van der Waals surface area contributed by atoms with Crippen molar-refractivity contribution < 1.29 is 9.53 Å². The number of aromatic nitrogens is 1. The van der Waals surface area contributed by atoms with Crippen LogP contribution in [0.3, 0.4) is 0 Å². The first-order chi connectivity index (χ1) is 13.7. The zero-order valence-electron chi connectivity index (χ0n) is 17.0. The van der Waals surface area contributed by atoms with Gasteiger partial charge in [0.25, 0.3) is 0 Å². The number of piperidine rings is 1. The van der Waals surface area contributed by atoms with Gasteiger partial charge in [-0.2, -0.15) is 0 Å². The number of ether oxygens (including phenoxy) is 1. The molecule has 1 aromatic carbocycles. The third-order valence-corrected chi connectivity index (χ3v) is 5.32. The molecule has 3 rings (SSSR count). The fourth-order valence-electron chi connectivity index (χ4n) is 3.63. The van der Waals surface area contributed by atoms with Crippen molar-refractivity contribution in [1.29, 1.82) is 0 Å². The Labute approximate surface area is 168 Å². The quantitative estimate of drug-likeness (QED) is 0.762. The number of nitrogens with one attached hydrogen (secondary N) is 1. The number of hydrogen-bond donors (Lipinski definition) is 1. The van der Waals surface area contributed by atoms with Gasteiger partial charge < -0.3 is 10.1 Å². The number of carbonyl (C=O) groups excluding carboxylic acids is 1. The summed E-state index contributed by atoms with van der Waals surface area (Å²) >= 11 is 0. The first-order valence-corrected chi connectivity index (χ1v) is 10.3. The van der Waals surface area contributed by atoms with Crippen LogP contribution in [0.25, 0.3) is 0 Å². The van der Waals surface area contributed by atoms with Gasteiger partial charge in [0.15, 0.2) is 0 Å². The van der Waals surface area contributed by atoms with Gasteiger partial charge >= 0.3 is 0 Å². The Balaban J connectivity index is 1.41. The van der Waals surface area contributed by atoms with Gasteiger partial charge in [0.2, 0.25) is 11.8 Å². The summed E-state index contributed by atoms with van der Waals surface area (Å²) in [6.45, 7) is 8.06. The monoisotopic (exact) mass is 381 g/mol. The van der Waals surface area contributed by atoms with E-state index in [-0.39, 0.29) is 11.8 Å². The molecule has 5 heteroatoms. The van der Waals surface area contributed by atoms with Crippen molar-refractivity contribution in [2.24, 2.45) is 5.92 Å². The number of benzene rings is 1. The molecule has 0 radical (unpaired) electrons. The summed E-state index contributed by atoms with van der Waals surface area (Å²) in [5.74, 6) is 1.04. The smallest absolute Gasteiger partial charge is 0.223 e. The summed E-state index contributed by atoms with van der Waals surface area (Å²) in [6, 6.07) is 12.5. The zero-order chi connectivity index (χ0) is 19.8. The number of amides is 1. The lowest BCUT2D eigenvalue weighted by Crippen LogP contribution is -2.40. The molecule has 1 N–H and O–H groups in total. The Morgan fingerprint density at radius 1 is 1.21 bits per heavy atom. The summed E-state index contributed by atoms with van der Waals surface area (Å²) in [5.41, 5.74) is 3.65. The van der Waals surface area contributed by atoms with E-state index in [1.54, 1.807) is 6.20 Å². The van der Waals surface area contributed by atoms with Gasteiger partial charge in [0.05, 0.1) is 6.61 Å². The van der Waals surface area contributed by atoms with E-state index in [1.165, 1.54) is 11.1 Å². The molecule has 0 aliphatic carbocycles. The topological polar surface area (TPSA) is 54.5 Å². The van der Waals surface area contributed by atoms with Crippen LogP contribution in [0.15, 0.2) is 42.6 Å². The van der Waals surface area contributed by atoms with Crippen LogP contribution in [0.1, 0.15) is 36.5 Å². The fraction of sp³-hybridized carbons (Fsp3) is 0.478. The summed E-state index contributed by atoms with van der Waals surface area (Å²) in [5, 5.41) is 3.12. The molecule has 28 heavy (non-hydrogen) atoms. The summed E-state index contributed by atoms with van der Waals surface area (Å²) in [7, 11) is 0. The van der Waals surface area contributed by atoms with E-state index in [0.717, 1.165) is 50.3 Å². The number of carbonyl (C=O) groups is 1. The van der Waals surface area contributed by atoms with Crippen molar-refractivity contribution in [1.82, 2.24) is 15.2 Å². The van der Waals surface area contributed by atoms with E-state index >= 15 is 0 Å². The van der Waals surface area contributed by atoms with Gasteiger partial charge in [-0.1, -0.05) is 35.9 Å². The Morgan fingerprint density at radius 2 is 1.96 bits per heavy atom. The number of aryl methyl sites for hydroxylation is 1. The lowest BCUT2D eigenvalue weighted by atomic mass is 9.95. The molecule has 2 heterocycles. The minimum absolute atomic E-state index is 0.120. The van der Waals surface area contributed by atoms with Crippen molar-refractivity contribution in [3.8, 4) is 5.88 Å². The Kier molecular flexibility index (Phi) is 7.43. The normalized spacial score (nSPS) is 15.4. The van der Waals surface area contributed by atoms with Crippen LogP contribution < -0.4 is 10.1 Å². The predicted molar refractivity (Wildman–Crippen MR) is 111 cm³/mol. The van der Waals surface area contributed by atoms with Gasteiger partial charge in [0, 0.05) is 30.8 Å². The van der Waals surface area contributed by atoms with Crippen LogP contribution in [0.5, 0.6) is 5.88 Å². The molecular formula is C23H31N3O2. The molecule has 1 saturated heterocycles. The molecule has 0 bridgehead atoms. The second-order valence-corrected chi connectivity index (χ2v) is 7.48. The van der Waals surface area contributed by atoms with Crippen molar-refractivity contribution in [3.05, 3.63) is 59.3 Å². The molecule has 0 spiro atoms.